The van der Waals surface area contributed by atoms with E-state index >= 15 is 0 Å². The van der Waals surface area contributed by atoms with E-state index < -0.39 is 0 Å². The van der Waals surface area contributed by atoms with Gasteiger partial charge in [0.2, 0.25) is 0 Å². The summed E-state index contributed by atoms with van der Waals surface area (Å²) in [5.74, 6) is 0.776. The summed E-state index contributed by atoms with van der Waals surface area (Å²) < 4.78 is 5.53. The van der Waals surface area contributed by atoms with Crippen molar-refractivity contribution in [2.45, 2.75) is 51.2 Å². The Morgan fingerprint density at radius 2 is 2.16 bits per heavy atom. The molecule has 3 atom stereocenters. The van der Waals surface area contributed by atoms with Gasteiger partial charge in [0.15, 0.2) is 0 Å². The topological polar surface area (TPSA) is 44.7 Å². The minimum atomic E-state index is 0.0272. The molecule has 4 nitrogen and oxygen atoms in total. The summed E-state index contributed by atoms with van der Waals surface area (Å²) in [6.45, 7) is 7.38. The van der Waals surface area contributed by atoms with E-state index in [0.717, 1.165) is 32.2 Å². The maximum atomic E-state index is 9.22. The minimum Gasteiger partial charge on any atom is -0.394 e. The molecule has 1 saturated carbocycles. The fraction of sp³-hybridized carbons (Fsp3) is 1.00. The van der Waals surface area contributed by atoms with Crippen molar-refractivity contribution >= 4 is 0 Å². The zero-order valence-electron chi connectivity index (χ0n) is 12.3. The lowest BCUT2D eigenvalue weighted by atomic mass is 9.84. The number of nitrogens with zero attached hydrogens (tertiary/aromatic N) is 1. The summed E-state index contributed by atoms with van der Waals surface area (Å²) in [7, 11) is 0. The van der Waals surface area contributed by atoms with Gasteiger partial charge in [0.05, 0.1) is 19.3 Å². The zero-order valence-corrected chi connectivity index (χ0v) is 12.3. The Bertz CT molecular complexity index is 250. The van der Waals surface area contributed by atoms with E-state index in [0.29, 0.717) is 6.04 Å². The Kier molecular flexibility index (Phi) is 6.57. The Labute approximate surface area is 117 Å². The number of aliphatic hydroxyl groups is 1. The summed E-state index contributed by atoms with van der Waals surface area (Å²) >= 11 is 0. The van der Waals surface area contributed by atoms with Crippen molar-refractivity contribution in [2.75, 3.05) is 39.4 Å². The Morgan fingerprint density at radius 3 is 2.95 bits per heavy atom. The van der Waals surface area contributed by atoms with Crippen molar-refractivity contribution in [3.8, 4) is 0 Å². The van der Waals surface area contributed by atoms with Crippen LogP contribution in [0.15, 0.2) is 0 Å². The molecule has 19 heavy (non-hydrogen) atoms. The molecule has 1 aliphatic heterocycles. The highest BCUT2D eigenvalue weighted by atomic mass is 16.5. The standard InChI is InChI=1S/C15H30N2O2/c1-2-7-16-15-6-4-3-5-13(15)10-17-8-9-19-14(11-17)12-18/h13-16,18H,2-12H2,1H3. The van der Waals surface area contributed by atoms with Crippen LogP contribution in [0.1, 0.15) is 39.0 Å². The van der Waals surface area contributed by atoms with Gasteiger partial charge in [0.1, 0.15) is 0 Å². The number of morpholine rings is 1. The van der Waals surface area contributed by atoms with Crippen LogP contribution in [0.25, 0.3) is 0 Å². The largest absolute Gasteiger partial charge is 0.394 e. The number of rotatable bonds is 6. The van der Waals surface area contributed by atoms with Crippen LogP contribution in [0.3, 0.4) is 0 Å². The molecule has 112 valence electrons. The SMILES string of the molecule is CCCNC1CCCCC1CN1CCOC(CO)C1. The Hall–Kier alpha value is -0.160. The van der Waals surface area contributed by atoms with E-state index in [2.05, 4.69) is 17.1 Å². The third-order valence-corrected chi connectivity index (χ3v) is 4.48. The number of aliphatic hydroxyl groups excluding tert-OH is 1. The number of nitrogens with one attached hydrogen (secondary N) is 1. The van der Waals surface area contributed by atoms with E-state index in [9.17, 15) is 5.11 Å². The fourth-order valence-corrected chi connectivity index (χ4v) is 3.41. The number of hydrogen-bond donors (Lipinski definition) is 2. The van der Waals surface area contributed by atoms with Crippen LogP contribution in [-0.2, 0) is 4.74 Å². The van der Waals surface area contributed by atoms with Crippen molar-refractivity contribution in [1.82, 2.24) is 10.2 Å². The van der Waals surface area contributed by atoms with Gasteiger partial charge in [0.25, 0.3) is 0 Å². The van der Waals surface area contributed by atoms with Gasteiger partial charge < -0.3 is 15.2 Å². The number of ether oxygens (including phenoxy) is 1. The maximum Gasteiger partial charge on any atom is 0.0932 e. The zero-order chi connectivity index (χ0) is 13.5. The first-order valence-corrected chi connectivity index (χ1v) is 8.01. The maximum absolute atomic E-state index is 9.22. The van der Waals surface area contributed by atoms with Crippen LogP contribution < -0.4 is 5.32 Å². The molecule has 2 aliphatic rings. The van der Waals surface area contributed by atoms with Crippen molar-refractivity contribution in [2.24, 2.45) is 5.92 Å². The Morgan fingerprint density at radius 1 is 1.32 bits per heavy atom. The van der Waals surface area contributed by atoms with Gasteiger partial charge in [-0.2, -0.15) is 0 Å². The van der Waals surface area contributed by atoms with Crippen molar-refractivity contribution in [1.29, 1.82) is 0 Å². The molecule has 1 heterocycles. The third-order valence-electron chi connectivity index (χ3n) is 4.48. The third kappa shape index (κ3) is 4.71. The summed E-state index contributed by atoms with van der Waals surface area (Å²) in [6, 6.07) is 0.698. The van der Waals surface area contributed by atoms with E-state index in [1.807, 2.05) is 0 Å². The molecule has 0 amide bonds. The highest BCUT2D eigenvalue weighted by molar-refractivity contribution is 4.84. The molecule has 0 radical (unpaired) electrons. The Balaban J connectivity index is 1.80. The van der Waals surface area contributed by atoms with Crippen molar-refractivity contribution in [3.63, 3.8) is 0 Å². The van der Waals surface area contributed by atoms with E-state index in [-0.39, 0.29) is 12.7 Å². The van der Waals surface area contributed by atoms with E-state index in [1.54, 1.807) is 0 Å². The molecule has 0 aromatic heterocycles. The van der Waals surface area contributed by atoms with Gasteiger partial charge in [-0.15, -0.1) is 0 Å². The van der Waals surface area contributed by atoms with Crippen molar-refractivity contribution < 1.29 is 9.84 Å². The molecule has 0 bridgehead atoms. The molecule has 0 aromatic carbocycles. The van der Waals surface area contributed by atoms with E-state index in [4.69, 9.17) is 4.74 Å². The lowest BCUT2D eigenvalue weighted by Crippen LogP contribution is -2.50. The summed E-state index contributed by atoms with van der Waals surface area (Å²) in [5, 5.41) is 12.9. The minimum absolute atomic E-state index is 0.0272. The monoisotopic (exact) mass is 270 g/mol. The van der Waals surface area contributed by atoms with Crippen LogP contribution in [0.5, 0.6) is 0 Å². The highest BCUT2D eigenvalue weighted by Gasteiger charge is 2.28. The van der Waals surface area contributed by atoms with Crippen LogP contribution >= 0.6 is 0 Å². The summed E-state index contributed by atoms with van der Waals surface area (Å²) in [5.41, 5.74) is 0. The van der Waals surface area contributed by atoms with E-state index in [1.165, 1.54) is 38.6 Å². The first kappa shape index (κ1) is 15.2. The molecule has 3 unspecified atom stereocenters. The molecule has 0 spiro atoms. The molecule has 0 aromatic rings. The van der Waals surface area contributed by atoms with Crippen LogP contribution in [0.4, 0.5) is 0 Å². The van der Waals surface area contributed by atoms with Gasteiger partial charge in [-0.25, -0.2) is 0 Å². The van der Waals surface area contributed by atoms with Gasteiger partial charge in [-0.3, -0.25) is 4.90 Å². The molecule has 2 N–H and O–H groups in total. The molecular formula is C15H30N2O2. The second kappa shape index (κ2) is 8.20. The number of hydrogen-bond acceptors (Lipinski definition) is 4. The van der Waals surface area contributed by atoms with Crippen LogP contribution in [-0.4, -0.2) is 61.5 Å². The molecule has 4 heteroatoms. The first-order chi connectivity index (χ1) is 9.33. The van der Waals surface area contributed by atoms with Crippen LogP contribution in [0, 0.1) is 5.92 Å². The molecule has 1 aliphatic carbocycles. The lowest BCUT2D eigenvalue weighted by molar-refractivity contribution is -0.0583. The molecular weight excluding hydrogens is 240 g/mol. The second-order valence-electron chi connectivity index (χ2n) is 6.04. The fourth-order valence-electron chi connectivity index (χ4n) is 3.41. The first-order valence-electron chi connectivity index (χ1n) is 8.01. The predicted octanol–water partition coefficient (Wildman–Crippen LogP) is 1.24. The second-order valence-corrected chi connectivity index (χ2v) is 6.04. The smallest absolute Gasteiger partial charge is 0.0932 e. The van der Waals surface area contributed by atoms with Gasteiger partial charge in [-0.05, 0) is 31.7 Å². The quantitative estimate of drug-likeness (QED) is 0.762. The normalized spacial score (nSPS) is 33.5. The highest BCUT2D eigenvalue weighted by Crippen LogP contribution is 2.26. The van der Waals surface area contributed by atoms with Gasteiger partial charge >= 0.3 is 0 Å². The summed E-state index contributed by atoms with van der Waals surface area (Å²) in [4.78, 5) is 2.49. The summed E-state index contributed by atoms with van der Waals surface area (Å²) in [6.07, 6.45) is 6.68. The molecule has 2 rings (SSSR count). The molecule has 1 saturated heterocycles. The van der Waals surface area contributed by atoms with Gasteiger partial charge in [0, 0.05) is 25.7 Å². The average Bonchev–Trinajstić information content (AvgIpc) is 2.46. The lowest BCUT2D eigenvalue weighted by Gasteiger charge is -2.39. The van der Waals surface area contributed by atoms with Crippen LogP contribution in [0.2, 0.25) is 0 Å². The average molecular weight is 270 g/mol. The predicted molar refractivity (Wildman–Crippen MR) is 77.3 cm³/mol. The van der Waals surface area contributed by atoms with Gasteiger partial charge in [-0.1, -0.05) is 19.8 Å². The van der Waals surface area contributed by atoms with Crippen molar-refractivity contribution in [3.05, 3.63) is 0 Å². The molecule has 2 fully saturated rings.